The van der Waals surface area contributed by atoms with E-state index in [1.807, 2.05) is 0 Å². The summed E-state index contributed by atoms with van der Waals surface area (Å²) in [5.74, 6) is -0.598. The number of carbonyl (C=O) groups is 3. The fourth-order valence-corrected chi connectivity index (χ4v) is 3.91. The van der Waals surface area contributed by atoms with Crippen molar-refractivity contribution in [1.29, 1.82) is 0 Å². The van der Waals surface area contributed by atoms with E-state index in [1.165, 1.54) is 31.4 Å². The van der Waals surface area contributed by atoms with Crippen LogP contribution in [-0.4, -0.2) is 30.7 Å². The largest absolute Gasteiger partial charge is 0.465 e. The predicted octanol–water partition coefficient (Wildman–Crippen LogP) is 4.72. The third-order valence-electron chi connectivity index (χ3n) is 5.38. The normalized spacial score (nSPS) is 13.8. The number of hydrazone groups is 1. The second kappa shape index (κ2) is 9.93. The van der Waals surface area contributed by atoms with Crippen LogP contribution < -0.4 is 10.2 Å². The molecule has 0 atom stereocenters. The fourth-order valence-electron chi connectivity index (χ4n) is 3.72. The lowest BCUT2D eigenvalue weighted by Crippen LogP contribution is -2.22. The molecule has 1 aliphatic carbocycles. The molecule has 1 heterocycles. The first kappa shape index (κ1) is 23.3. The van der Waals surface area contributed by atoms with Gasteiger partial charge in [-0.1, -0.05) is 17.7 Å². The Kier molecular flexibility index (Phi) is 6.79. The monoisotopic (exact) mass is 480 g/mol. The molecular weight excluding hydrogens is 460 g/mol. The first-order valence-electron chi connectivity index (χ1n) is 10.5. The molecular formula is C25H21ClN2O6. The topological polar surface area (TPSA) is 107 Å². The van der Waals surface area contributed by atoms with Crippen molar-refractivity contribution in [3.63, 3.8) is 0 Å². The minimum atomic E-state index is -0.667. The summed E-state index contributed by atoms with van der Waals surface area (Å²) in [7, 11) is 1.29. The highest BCUT2D eigenvalue weighted by Crippen LogP contribution is 2.30. The molecule has 2 aromatic carbocycles. The number of amides is 1. The molecule has 0 aliphatic heterocycles. The van der Waals surface area contributed by atoms with Crippen LogP contribution in [0.3, 0.4) is 0 Å². The Labute approximate surface area is 200 Å². The Bertz CT molecular complexity index is 1290. The number of halogens is 1. The number of nitrogens with zero attached hydrogens (tertiary/aromatic N) is 1. The van der Waals surface area contributed by atoms with Crippen molar-refractivity contribution >= 4 is 35.2 Å². The van der Waals surface area contributed by atoms with E-state index in [0.717, 1.165) is 6.42 Å². The van der Waals surface area contributed by atoms with Gasteiger partial charge in [-0.2, -0.15) is 5.10 Å². The molecule has 1 aromatic heterocycles. The molecule has 8 nitrogen and oxygen atoms in total. The number of carbonyl (C=O) groups excluding carboxylic acids is 3. The molecule has 0 bridgehead atoms. The van der Waals surface area contributed by atoms with Crippen molar-refractivity contribution in [2.24, 2.45) is 5.10 Å². The molecule has 0 fully saturated rings. The van der Waals surface area contributed by atoms with Gasteiger partial charge in [-0.15, -0.1) is 0 Å². The van der Waals surface area contributed by atoms with Gasteiger partial charge in [0.15, 0.2) is 0 Å². The molecule has 174 valence electrons. The number of methoxy groups -OCH3 is 1. The van der Waals surface area contributed by atoms with Crippen molar-refractivity contribution in [2.75, 3.05) is 7.11 Å². The maximum Gasteiger partial charge on any atom is 0.379 e. The lowest BCUT2D eigenvalue weighted by atomic mass is 9.93. The molecule has 0 unspecified atom stereocenters. The molecule has 9 heteroatoms. The second-order valence-corrected chi connectivity index (χ2v) is 8.06. The summed E-state index contributed by atoms with van der Waals surface area (Å²) < 4.78 is 15.9. The van der Waals surface area contributed by atoms with Crippen LogP contribution >= 0.6 is 11.6 Å². The van der Waals surface area contributed by atoms with Crippen LogP contribution in [0.1, 0.15) is 61.0 Å². The number of fused-ring (bicyclic) bond motifs is 1. The van der Waals surface area contributed by atoms with Crippen LogP contribution in [-0.2, 0) is 11.2 Å². The molecule has 1 N–H and O–H groups in total. The van der Waals surface area contributed by atoms with Gasteiger partial charge in [0.2, 0.25) is 5.76 Å². The van der Waals surface area contributed by atoms with Crippen LogP contribution in [0.25, 0.3) is 0 Å². The van der Waals surface area contributed by atoms with E-state index in [1.54, 1.807) is 31.2 Å². The van der Waals surface area contributed by atoms with Gasteiger partial charge in [0.05, 0.1) is 18.4 Å². The summed E-state index contributed by atoms with van der Waals surface area (Å²) >= 11 is 5.95. The third kappa shape index (κ3) is 4.87. The molecule has 0 spiro atoms. The van der Waals surface area contributed by atoms with E-state index in [4.69, 9.17) is 20.8 Å². The van der Waals surface area contributed by atoms with Gasteiger partial charge in [0.1, 0.15) is 11.5 Å². The van der Waals surface area contributed by atoms with E-state index < -0.39 is 17.8 Å². The third-order valence-corrected chi connectivity index (χ3v) is 5.61. The standard InChI is InChI=1S/C25H21ClN2O6/c1-14-21-19(27-28-23(29)16-5-3-6-17(26)13-16)7-4-8-20(21)34-22(14)25(31)33-18-11-9-15(10-12-18)24(30)32-2/h3,5-6,9-13H,4,7-8H2,1-2H3,(H,28,29)/b27-19+. The Balaban J connectivity index is 1.53. The zero-order valence-electron chi connectivity index (χ0n) is 18.5. The van der Waals surface area contributed by atoms with Crippen LogP contribution in [0.4, 0.5) is 0 Å². The Morgan fingerprint density at radius 3 is 2.50 bits per heavy atom. The molecule has 0 radical (unpaired) electrons. The first-order valence-corrected chi connectivity index (χ1v) is 10.9. The molecule has 3 aromatic rings. The maximum atomic E-state index is 12.8. The van der Waals surface area contributed by atoms with E-state index >= 15 is 0 Å². The highest BCUT2D eigenvalue weighted by atomic mass is 35.5. The summed E-state index contributed by atoms with van der Waals surface area (Å²) in [4.78, 5) is 36.8. The number of aryl methyl sites for hydroxylation is 1. The molecule has 1 amide bonds. The van der Waals surface area contributed by atoms with Gasteiger partial charge in [-0.05, 0) is 62.2 Å². The SMILES string of the molecule is COC(=O)c1ccc(OC(=O)c2oc3c(c2C)/C(=N/NC(=O)c2cccc(Cl)c2)CCC3)cc1. The average Bonchev–Trinajstić information content (AvgIpc) is 3.19. The predicted molar refractivity (Wildman–Crippen MR) is 125 cm³/mol. The zero-order valence-corrected chi connectivity index (χ0v) is 19.3. The lowest BCUT2D eigenvalue weighted by molar-refractivity contribution is 0.0600. The smallest absolute Gasteiger partial charge is 0.379 e. The van der Waals surface area contributed by atoms with Gasteiger partial charge in [0.25, 0.3) is 5.91 Å². The minimum absolute atomic E-state index is 0.0674. The van der Waals surface area contributed by atoms with Gasteiger partial charge >= 0.3 is 11.9 Å². The van der Waals surface area contributed by atoms with E-state index in [9.17, 15) is 14.4 Å². The van der Waals surface area contributed by atoms with Crippen LogP contribution in [0.5, 0.6) is 5.75 Å². The van der Waals surface area contributed by atoms with Gasteiger partial charge in [0, 0.05) is 28.1 Å². The second-order valence-electron chi connectivity index (χ2n) is 7.62. The van der Waals surface area contributed by atoms with Crippen molar-refractivity contribution in [3.05, 3.63) is 87.3 Å². The highest BCUT2D eigenvalue weighted by Gasteiger charge is 2.29. The summed E-state index contributed by atoms with van der Waals surface area (Å²) in [6.07, 6.45) is 2.01. The number of rotatable bonds is 5. The molecule has 1 aliphatic rings. The van der Waals surface area contributed by atoms with Crippen molar-refractivity contribution in [3.8, 4) is 5.75 Å². The summed E-state index contributed by atoms with van der Waals surface area (Å²) in [5.41, 5.74) is 5.19. The van der Waals surface area contributed by atoms with Crippen molar-refractivity contribution < 1.29 is 28.3 Å². The van der Waals surface area contributed by atoms with E-state index in [0.29, 0.717) is 51.6 Å². The average molecular weight is 481 g/mol. The molecule has 34 heavy (non-hydrogen) atoms. The van der Waals surface area contributed by atoms with Crippen molar-refractivity contribution in [2.45, 2.75) is 26.2 Å². The van der Waals surface area contributed by atoms with Crippen LogP contribution in [0, 0.1) is 6.92 Å². The van der Waals surface area contributed by atoms with Crippen LogP contribution in [0.15, 0.2) is 58.0 Å². The molecule has 0 saturated heterocycles. The zero-order chi connectivity index (χ0) is 24.2. The van der Waals surface area contributed by atoms with E-state index in [2.05, 4.69) is 15.3 Å². The fraction of sp³-hybridized carbons (Fsp3) is 0.200. The number of ether oxygens (including phenoxy) is 2. The summed E-state index contributed by atoms with van der Waals surface area (Å²) in [6, 6.07) is 12.6. The Hall–Kier alpha value is -3.91. The number of esters is 2. The number of nitrogens with one attached hydrogen (secondary N) is 1. The summed E-state index contributed by atoms with van der Waals surface area (Å²) in [5, 5.41) is 4.75. The lowest BCUT2D eigenvalue weighted by Gasteiger charge is -2.13. The molecule has 4 rings (SSSR count). The number of furan rings is 1. The first-order chi connectivity index (χ1) is 16.4. The number of hydrogen-bond donors (Lipinski definition) is 1. The van der Waals surface area contributed by atoms with E-state index in [-0.39, 0.29) is 11.5 Å². The van der Waals surface area contributed by atoms with Gasteiger partial charge in [-0.25, -0.2) is 15.0 Å². The highest BCUT2D eigenvalue weighted by molar-refractivity contribution is 6.31. The quantitative estimate of drug-likeness (QED) is 0.322. The number of hydrogen-bond acceptors (Lipinski definition) is 7. The van der Waals surface area contributed by atoms with Crippen molar-refractivity contribution in [1.82, 2.24) is 5.43 Å². The van der Waals surface area contributed by atoms with Crippen LogP contribution in [0.2, 0.25) is 5.02 Å². The molecule has 0 saturated carbocycles. The number of benzene rings is 2. The van der Waals surface area contributed by atoms with Gasteiger partial charge < -0.3 is 13.9 Å². The maximum absolute atomic E-state index is 12.8. The summed E-state index contributed by atoms with van der Waals surface area (Å²) in [6.45, 7) is 1.75. The minimum Gasteiger partial charge on any atom is -0.465 e. The Morgan fingerprint density at radius 2 is 1.79 bits per heavy atom. The Morgan fingerprint density at radius 1 is 1.03 bits per heavy atom. The van der Waals surface area contributed by atoms with Gasteiger partial charge in [-0.3, -0.25) is 4.79 Å².